The molecule has 2 aliphatic heterocycles. The molecule has 2 heterocycles. The Morgan fingerprint density at radius 1 is 0.880 bits per heavy atom. The Labute approximate surface area is 142 Å². The molecule has 0 aromatic carbocycles. The van der Waals surface area contributed by atoms with Crippen LogP contribution in [0.2, 0.25) is 0 Å². The van der Waals surface area contributed by atoms with Crippen LogP contribution in [0.1, 0.15) is 0 Å². The summed E-state index contributed by atoms with van der Waals surface area (Å²) in [5.41, 5.74) is 5.67. The second-order valence-corrected chi connectivity index (χ2v) is 6.15. The summed E-state index contributed by atoms with van der Waals surface area (Å²) in [4.78, 5) is 0. The van der Waals surface area contributed by atoms with Gasteiger partial charge in [-0.1, -0.05) is 0 Å². The van der Waals surface area contributed by atoms with Gasteiger partial charge < -0.3 is 60.8 Å². The van der Waals surface area contributed by atoms with Crippen LogP contribution < -0.4 is 5.73 Å². The molecule has 0 saturated carbocycles. The van der Waals surface area contributed by atoms with Gasteiger partial charge in [-0.25, -0.2) is 0 Å². The van der Waals surface area contributed by atoms with Crippen LogP contribution in [0.4, 0.5) is 0 Å². The van der Waals surface area contributed by atoms with E-state index < -0.39 is 80.7 Å². The number of aliphatic hydroxyl groups excluding tert-OH is 8. The van der Waals surface area contributed by atoms with Gasteiger partial charge in [0.1, 0.15) is 48.8 Å². The molecule has 0 aliphatic carbocycles. The molecular weight excluding hydrogens is 346 g/mol. The minimum Gasteiger partial charge on any atom is -0.394 e. The van der Waals surface area contributed by atoms with Crippen LogP contribution in [0.25, 0.3) is 0 Å². The van der Waals surface area contributed by atoms with E-state index in [1.807, 2.05) is 0 Å². The zero-order chi connectivity index (χ0) is 18.9. The first-order chi connectivity index (χ1) is 11.7. The fraction of sp³-hybridized carbons (Fsp3) is 1.00. The lowest BCUT2D eigenvalue weighted by Gasteiger charge is -2.42. The summed E-state index contributed by atoms with van der Waals surface area (Å²) in [6, 6.07) is -1.18. The van der Waals surface area contributed by atoms with Crippen molar-refractivity contribution in [1.82, 2.24) is 0 Å². The minimum absolute atomic E-state index is 0.545. The van der Waals surface area contributed by atoms with Gasteiger partial charge in [0, 0.05) is 0 Å². The van der Waals surface area contributed by atoms with Crippen LogP contribution in [0.3, 0.4) is 0 Å². The summed E-state index contributed by atoms with van der Waals surface area (Å²) in [5, 5.41) is 76.9. The van der Waals surface area contributed by atoms with Crippen molar-refractivity contribution in [2.24, 2.45) is 5.73 Å². The SMILES string of the molecule is N[C@H]1[C@@H](OC[C@H](O)[C@H]2O[C@H](O)[C@@H](O)[C@@H](O)[C@@H]2O)O[C@H](CO)[C@@H](O)[C@@H]1O. The van der Waals surface area contributed by atoms with Gasteiger partial charge in [-0.15, -0.1) is 0 Å². The van der Waals surface area contributed by atoms with E-state index in [2.05, 4.69) is 0 Å². The average Bonchev–Trinajstić information content (AvgIpc) is 2.60. The van der Waals surface area contributed by atoms with Crippen molar-refractivity contribution in [3.8, 4) is 0 Å². The molecule has 2 saturated heterocycles. The number of hydrogen-bond donors (Lipinski definition) is 9. The van der Waals surface area contributed by atoms with Gasteiger partial charge >= 0.3 is 0 Å². The maximum absolute atomic E-state index is 10.1. The molecule has 25 heavy (non-hydrogen) atoms. The fourth-order valence-electron chi connectivity index (χ4n) is 2.75. The Hall–Kier alpha value is -0.480. The standard InChI is InChI=1S/C13H25NO11/c14-5-7(18)6(17)4(1-15)24-13(5)23-2-3(16)11-9(20)8(19)10(21)12(22)25-11/h3-13,15-22H,1-2,14H2/t3-,4+,5+,6+,7+,8-,9-,10-,11+,12-,13-/m0/s1. The van der Waals surface area contributed by atoms with Crippen LogP contribution >= 0.6 is 0 Å². The van der Waals surface area contributed by atoms with Gasteiger partial charge in [-0.2, -0.15) is 0 Å². The number of rotatable bonds is 5. The molecule has 0 spiro atoms. The van der Waals surface area contributed by atoms with Crippen molar-refractivity contribution >= 4 is 0 Å². The summed E-state index contributed by atoms with van der Waals surface area (Å²) >= 11 is 0. The van der Waals surface area contributed by atoms with E-state index >= 15 is 0 Å². The molecule has 0 aromatic heterocycles. The van der Waals surface area contributed by atoms with Crippen LogP contribution in [0, 0.1) is 0 Å². The van der Waals surface area contributed by atoms with Crippen molar-refractivity contribution < 1.29 is 55.1 Å². The third kappa shape index (κ3) is 4.27. The highest BCUT2D eigenvalue weighted by molar-refractivity contribution is 4.93. The third-order valence-corrected chi connectivity index (χ3v) is 4.36. The van der Waals surface area contributed by atoms with E-state index in [0.29, 0.717) is 0 Å². The lowest BCUT2D eigenvalue weighted by molar-refractivity contribution is -0.308. The Bertz CT molecular complexity index is 427. The number of ether oxygens (including phenoxy) is 3. The molecule has 0 radical (unpaired) electrons. The summed E-state index contributed by atoms with van der Waals surface area (Å²) < 4.78 is 15.3. The van der Waals surface area contributed by atoms with E-state index in [1.165, 1.54) is 0 Å². The molecule has 10 N–H and O–H groups in total. The summed E-state index contributed by atoms with van der Waals surface area (Å²) in [5.74, 6) is 0. The van der Waals surface area contributed by atoms with Crippen LogP contribution in [-0.4, -0.2) is 122 Å². The molecule has 148 valence electrons. The van der Waals surface area contributed by atoms with Crippen molar-refractivity contribution in [2.45, 2.75) is 67.5 Å². The number of nitrogens with two attached hydrogens (primary N) is 1. The molecule has 2 aliphatic rings. The lowest BCUT2D eigenvalue weighted by Crippen LogP contribution is -2.63. The average molecular weight is 371 g/mol. The third-order valence-electron chi connectivity index (χ3n) is 4.36. The van der Waals surface area contributed by atoms with Gasteiger partial charge in [-0.3, -0.25) is 0 Å². The van der Waals surface area contributed by atoms with Crippen molar-refractivity contribution in [3.63, 3.8) is 0 Å². The first kappa shape index (κ1) is 20.8. The molecule has 2 rings (SSSR count). The quantitative estimate of drug-likeness (QED) is 0.221. The molecule has 2 fully saturated rings. The second kappa shape index (κ2) is 8.47. The zero-order valence-corrected chi connectivity index (χ0v) is 13.1. The summed E-state index contributed by atoms with van der Waals surface area (Å²) in [6.07, 6.45) is -15.3. The van der Waals surface area contributed by atoms with Gasteiger partial charge in [0.25, 0.3) is 0 Å². The first-order valence-corrected chi connectivity index (χ1v) is 7.74. The number of hydrogen-bond acceptors (Lipinski definition) is 12. The van der Waals surface area contributed by atoms with E-state index in [0.717, 1.165) is 0 Å². The van der Waals surface area contributed by atoms with Crippen molar-refractivity contribution in [1.29, 1.82) is 0 Å². The smallest absolute Gasteiger partial charge is 0.184 e. The Balaban J connectivity index is 1.93. The van der Waals surface area contributed by atoms with Crippen LogP contribution in [-0.2, 0) is 14.2 Å². The highest BCUT2D eigenvalue weighted by Gasteiger charge is 2.47. The minimum atomic E-state index is -1.82. The molecule has 11 atom stereocenters. The van der Waals surface area contributed by atoms with Crippen molar-refractivity contribution in [2.75, 3.05) is 13.2 Å². The molecular formula is C13H25NO11. The zero-order valence-electron chi connectivity index (χ0n) is 13.1. The molecule has 12 heteroatoms. The van der Waals surface area contributed by atoms with Gasteiger partial charge in [-0.05, 0) is 0 Å². The molecule has 0 unspecified atom stereocenters. The monoisotopic (exact) mass is 371 g/mol. The number of aliphatic hydroxyl groups is 8. The summed E-state index contributed by atoms with van der Waals surface area (Å²) in [7, 11) is 0. The van der Waals surface area contributed by atoms with Crippen LogP contribution in [0.5, 0.6) is 0 Å². The fourth-order valence-corrected chi connectivity index (χ4v) is 2.75. The normalized spacial score (nSPS) is 49.8. The maximum Gasteiger partial charge on any atom is 0.184 e. The molecule has 0 aromatic rings. The largest absolute Gasteiger partial charge is 0.394 e. The van der Waals surface area contributed by atoms with Crippen LogP contribution in [0.15, 0.2) is 0 Å². The lowest BCUT2D eigenvalue weighted by atomic mass is 9.95. The van der Waals surface area contributed by atoms with Crippen molar-refractivity contribution in [3.05, 3.63) is 0 Å². The molecule has 0 amide bonds. The van der Waals surface area contributed by atoms with E-state index in [1.54, 1.807) is 0 Å². The Morgan fingerprint density at radius 3 is 2.12 bits per heavy atom. The summed E-state index contributed by atoms with van der Waals surface area (Å²) in [6.45, 7) is -1.15. The topological polar surface area (TPSA) is 216 Å². The van der Waals surface area contributed by atoms with Gasteiger partial charge in [0.2, 0.25) is 0 Å². The van der Waals surface area contributed by atoms with E-state index in [4.69, 9.17) is 25.1 Å². The highest BCUT2D eigenvalue weighted by Crippen LogP contribution is 2.24. The highest BCUT2D eigenvalue weighted by atomic mass is 16.7. The second-order valence-electron chi connectivity index (χ2n) is 6.15. The molecule has 12 nitrogen and oxygen atoms in total. The Morgan fingerprint density at radius 2 is 1.52 bits per heavy atom. The van der Waals surface area contributed by atoms with E-state index in [-0.39, 0.29) is 0 Å². The molecule has 0 bridgehead atoms. The predicted molar refractivity (Wildman–Crippen MR) is 76.6 cm³/mol. The van der Waals surface area contributed by atoms with E-state index in [9.17, 15) is 35.7 Å². The van der Waals surface area contributed by atoms with Gasteiger partial charge in [0.15, 0.2) is 12.6 Å². The maximum atomic E-state index is 10.1. The Kier molecular flexibility index (Phi) is 7.06. The predicted octanol–water partition coefficient (Wildman–Crippen LogP) is -6.07. The van der Waals surface area contributed by atoms with Gasteiger partial charge in [0.05, 0.1) is 19.3 Å². The first-order valence-electron chi connectivity index (χ1n) is 7.74.